The lowest BCUT2D eigenvalue weighted by molar-refractivity contribution is -0.143. The van der Waals surface area contributed by atoms with Crippen LogP contribution >= 0.6 is 0 Å². The minimum Gasteiger partial charge on any atom is -0.454 e. The molecule has 9 heteroatoms. The van der Waals surface area contributed by atoms with Gasteiger partial charge in [-0.05, 0) is 37.6 Å². The quantitative estimate of drug-likeness (QED) is 0.599. The molecule has 4 aliphatic heterocycles. The number of rotatable bonds is 3. The van der Waals surface area contributed by atoms with Gasteiger partial charge < -0.3 is 19.9 Å². The van der Waals surface area contributed by atoms with E-state index >= 15 is 0 Å². The van der Waals surface area contributed by atoms with Gasteiger partial charge in [-0.15, -0.1) is 0 Å². The molecule has 0 aliphatic carbocycles. The predicted octanol–water partition coefficient (Wildman–Crippen LogP) is 1.03. The van der Waals surface area contributed by atoms with Crippen molar-refractivity contribution in [2.45, 2.75) is 38.1 Å². The van der Waals surface area contributed by atoms with Crippen molar-refractivity contribution < 1.29 is 29.0 Å². The fraction of sp³-hybridized carbons (Fsp3) is 0.375. The number of anilines is 1. The second kappa shape index (κ2) is 6.79. The Bertz CT molecular complexity index is 1230. The molecule has 33 heavy (non-hydrogen) atoms. The number of benzene rings is 2. The topological polar surface area (TPSA) is 117 Å². The van der Waals surface area contributed by atoms with Crippen LogP contribution < -0.4 is 20.1 Å². The summed E-state index contributed by atoms with van der Waals surface area (Å²) >= 11 is 0. The van der Waals surface area contributed by atoms with Crippen LogP contribution in [0.1, 0.15) is 23.6 Å². The van der Waals surface area contributed by atoms with Gasteiger partial charge in [-0.25, -0.2) is 0 Å². The summed E-state index contributed by atoms with van der Waals surface area (Å²) in [5.74, 6) is -1.85. The summed E-state index contributed by atoms with van der Waals surface area (Å²) in [6.07, 6.45) is -0.944. The number of aliphatic hydroxyl groups excluding tert-OH is 1. The Morgan fingerprint density at radius 1 is 1.12 bits per heavy atom. The summed E-state index contributed by atoms with van der Waals surface area (Å²) < 4.78 is 10.7. The van der Waals surface area contributed by atoms with Crippen molar-refractivity contribution in [3.8, 4) is 11.5 Å². The molecule has 170 valence electrons. The highest BCUT2D eigenvalue weighted by Crippen LogP contribution is 2.53. The average molecular weight is 449 g/mol. The molecule has 4 aliphatic rings. The number of ether oxygens (including phenoxy) is 2. The fourth-order valence-corrected chi connectivity index (χ4v) is 5.70. The van der Waals surface area contributed by atoms with E-state index in [4.69, 9.17) is 9.47 Å². The first-order chi connectivity index (χ1) is 15.8. The maximum Gasteiger partial charge on any atom is 0.250 e. The van der Waals surface area contributed by atoms with E-state index < -0.39 is 41.3 Å². The van der Waals surface area contributed by atoms with Crippen LogP contribution in [-0.4, -0.2) is 46.7 Å². The number of carbonyl (C=O) groups excluding carboxylic acids is 3. The van der Waals surface area contributed by atoms with Crippen LogP contribution in [-0.2, 0) is 26.5 Å². The van der Waals surface area contributed by atoms with E-state index in [1.54, 1.807) is 31.2 Å². The lowest BCUT2D eigenvalue weighted by atomic mass is 9.76. The predicted molar refractivity (Wildman–Crippen MR) is 115 cm³/mol. The molecule has 3 N–H and O–H groups in total. The molecule has 2 fully saturated rings. The number of nitrogens with zero attached hydrogens (tertiary/aromatic N) is 1. The molecule has 0 saturated carbocycles. The second-order valence-electron chi connectivity index (χ2n) is 9.18. The molecule has 5 atom stereocenters. The molecule has 2 saturated heterocycles. The van der Waals surface area contributed by atoms with Gasteiger partial charge in [0, 0.05) is 17.3 Å². The Morgan fingerprint density at radius 3 is 2.70 bits per heavy atom. The highest BCUT2D eigenvalue weighted by atomic mass is 16.7. The lowest BCUT2D eigenvalue weighted by Crippen LogP contribution is -2.54. The summed E-state index contributed by atoms with van der Waals surface area (Å²) in [5, 5.41) is 16.6. The minimum atomic E-state index is -1.41. The van der Waals surface area contributed by atoms with Crippen LogP contribution in [0.5, 0.6) is 11.5 Å². The van der Waals surface area contributed by atoms with Gasteiger partial charge in [0.15, 0.2) is 11.5 Å². The number of aliphatic hydroxyl groups is 1. The second-order valence-corrected chi connectivity index (χ2v) is 9.18. The fourth-order valence-electron chi connectivity index (χ4n) is 5.70. The maximum absolute atomic E-state index is 13.8. The lowest BCUT2D eigenvalue weighted by Gasteiger charge is -2.30. The third kappa shape index (κ3) is 2.63. The third-order valence-corrected chi connectivity index (χ3v) is 7.19. The number of carbonyl (C=O) groups is 3. The first-order valence-electron chi connectivity index (χ1n) is 10.9. The minimum absolute atomic E-state index is 0.0478. The Balaban J connectivity index is 1.42. The number of likely N-dealkylation sites (tertiary alicyclic amines) is 1. The van der Waals surface area contributed by atoms with Gasteiger partial charge in [-0.2, -0.15) is 0 Å². The van der Waals surface area contributed by atoms with Gasteiger partial charge in [0.25, 0.3) is 0 Å². The van der Waals surface area contributed by atoms with Gasteiger partial charge >= 0.3 is 0 Å². The third-order valence-electron chi connectivity index (χ3n) is 7.19. The van der Waals surface area contributed by atoms with Crippen molar-refractivity contribution in [1.82, 2.24) is 10.2 Å². The molecular weight excluding hydrogens is 426 g/mol. The van der Waals surface area contributed by atoms with Crippen LogP contribution in [0.25, 0.3) is 0 Å². The molecule has 6 rings (SSSR count). The molecule has 0 aromatic heterocycles. The summed E-state index contributed by atoms with van der Waals surface area (Å²) in [7, 11) is 0. The molecule has 2 aromatic rings. The number of aryl methyl sites for hydroxylation is 1. The van der Waals surface area contributed by atoms with E-state index in [0.717, 1.165) is 5.56 Å². The van der Waals surface area contributed by atoms with E-state index in [0.29, 0.717) is 28.3 Å². The number of amides is 3. The molecule has 0 bridgehead atoms. The van der Waals surface area contributed by atoms with Crippen LogP contribution in [0.4, 0.5) is 5.69 Å². The smallest absolute Gasteiger partial charge is 0.250 e. The van der Waals surface area contributed by atoms with Crippen molar-refractivity contribution in [1.29, 1.82) is 0 Å². The summed E-state index contributed by atoms with van der Waals surface area (Å²) in [6.45, 7) is 3.65. The first-order valence-corrected chi connectivity index (χ1v) is 10.9. The zero-order valence-corrected chi connectivity index (χ0v) is 18.1. The van der Waals surface area contributed by atoms with Crippen LogP contribution in [0.15, 0.2) is 36.4 Å². The van der Waals surface area contributed by atoms with E-state index in [1.807, 2.05) is 19.1 Å². The Morgan fingerprint density at radius 2 is 1.91 bits per heavy atom. The van der Waals surface area contributed by atoms with Crippen molar-refractivity contribution in [2.75, 3.05) is 12.1 Å². The molecule has 1 spiro atoms. The van der Waals surface area contributed by atoms with Crippen LogP contribution in [0, 0.1) is 18.8 Å². The normalized spacial score (nSPS) is 30.1. The molecule has 0 unspecified atom stereocenters. The van der Waals surface area contributed by atoms with Gasteiger partial charge in [0.05, 0.1) is 24.5 Å². The van der Waals surface area contributed by atoms with Gasteiger partial charge in [0.2, 0.25) is 24.5 Å². The van der Waals surface area contributed by atoms with E-state index in [1.165, 1.54) is 4.90 Å². The molecular formula is C24H23N3O6. The highest BCUT2D eigenvalue weighted by Gasteiger charge is 2.71. The van der Waals surface area contributed by atoms with E-state index in [-0.39, 0.29) is 19.2 Å². The number of imide groups is 1. The standard InChI is InChI=1S/C24H23N3O6/c1-11-3-5-15-14(7-11)24(23(31)25-15)19-18(20(26-24)12(2)28)21(29)27(22(19)30)9-13-4-6-16-17(8-13)33-10-32-16/h3-8,12,18-20,26,28H,9-10H2,1-2H3,(H,25,31)/t12-,18-,19-,20-,24-/m0/s1. The SMILES string of the molecule is Cc1ccc2c(c1)[C@@]1(N[C@@H]([C@H](C)O)[C@H]3C(=O)N(Cc4ccc5c(c4)OCO5)C(=O)[C@H]31)C(=O)N2. The van der Waals surface area contributed by atoms with Crippen molar-refractivity contribution >= 4 is 23.4 Å². The Kier molecular flexibility index (Phi) is 4.15. The summed E-state index contributed by atoms with van der Waals surface area (Å²) in [5.41, 5.74) is 1.47. The first kappa shape index (κ1) is 20.2. The van der Waals surface area contributed by atoms with E-state index in [9.17, 15) is 19.5 Å². The number of fused-ring (bicyclic) bond motifs is 5. The largest absolute Gasteiger partial charge is 0.454 e. The monoisotopic (exact) mass is 449 g/mol. The number of nitrogens with one attached hydrogen (secondary N) is 2. The molecule has 0 radical (unpaired) electrons. The van der Waals surface area contributed by atoms with Gasteiger partial charge in [-0.3, -0.25) is 24.6 Å². The molecule has 4 heterocycles. The molecule has 9 nitrogen and oxygen atoms in total. The van der Waals surface area contributed by atoms with Crippen molar-refractivity contribution in [3.63, 3.8) is 0 Å². The van der Waals surface area contributed by atoms with Gasteiger partial charge in [0.1, 0.15) is 5.54 Å². The average Bonchev–Trinajstić information content (AvgIpc) is 3.51. The summed E-state index contributed by atoms with van der Waals surface area (Å²) in [4.78, 5) is 41.9. The van der Waals surface area contributed by atoms with E-state index in [2.05, 4.69) is 10.6 Å². The maximum atomic E-state index is 13.8. The zero-order valence-electron chi connectivity index (χ0n) is 18.1. The summed E-state index contributed by atoms with van der Waals surface area (Å²) in [6, 6.07) is 10.1. The number of hydrogen-bond acceptors (Lipinski definition) is 7. The van der Waals surface area contributed by atoms with Crippen molar-refractivity contribution in [3.05, 3.63) is 53.1 Å². The number of hydrogen-bond donors (Lipinski definition) is 3. The molecule has 3 amide bonds. The highest BCUT2D eigenvalue weighted by molar-refractivity contribution is 6.15. The Labute approximate surface area is 189 Å². The van der Waals surface area contributed by atoms with Crippen LogP contribution in [0.2, 0.25) is 0 Å². The molecule has 2 aromatic carbocycles. The zero-order chi connectivity index (χ0) is 23.1. The van der Waals surface area contributed by atoms with Crippen molar-refractivity contribution in [2.24, 2.45) is 11.8 Å². The van der Waals surface area contributed by atoms with Crippen LogP contribution in [0.3, 0.4) is 0 Å². The van der Waals surface area contributed by atoms with Gasteiger partial charge in [-0.1, -0.05) is 23.8 Å². The Hall–Kier alpha value is -3.43.